The maximum atomic E-state index is 12.1. The Labute approximate surface area is 141 Å². The number of nitrogens with one attached hydrogen (secondary N) is 1. The van der Waals surface area contributed by atoms with Gasteiger partial charge in [0.15, 0.2) is 11.7 Å². The number of halogens is 1. The number of allylic oxidation sites excluding steroid dienone is 1. The predicted molar refractivity (Wildman–Crippen MR) is 89.6 cm³/mol. The second-order valence-electron chi connectivity index (χ2n) is 5.70. The van der Waals surface area contributed by atoms with Crippen LogP contribution in [0, 0.1) is 17.2 Å². The van der Waals surface area contributed by atoms with Crippen LogP contribution in [0.3, 0.4) is 0 Å². The molecular formula is C18H19ClN2O2. The van der Waals surface area contributed by atoms with Gasteiger partial charge in [0.2, 0.25) is 5.91 Å². The molecule has 5 heteroatoms. The Hall–Kier alpha value is -2.12. The molecule has 23 heavy (non-hydrogen) atoms. The van der Waals surface area contributed by atoms with Crippen LogP contribution in [-0.2, 0) is 9.59 Å². The molecule has 0 unspecified atom stereocenters. The van der Waals surface area contributed by atoms with Crippen molar-refractivity contribution in [1.82, 2.24) is 5.32 Å². The molecule has 1 aromatic carbocycles. The smallest absolute Gasteiger partial charge is 0.245 e. The van der Waals surface area contributed by atoms with E-state index in [2.05, 4.69) is 5.32 Å². The third-order valence-corrected chi connectivity index (χ3v) is 4.15. The van der Waals surface area contributed by atoms with E-state index in [0.29, 0.717) is 5.02 Å². The lowest BCUT2D eigenvalue weighted by Crippen LogP contribution is -2.41. The van der Waals surface area contributed by atoms with Crippen molar-refractivity contribution >= 4 is 29.4 Å². The van der Waals surface area contributed by atoms with Crippen molar-refractivity contribution in [3.63, 3.8) is 0 Å². The summed E-state index contributed by atoms with van der Waals surface area (Å²) < 4.78 is 0. The fraction of sp³-hybridized carbons (Fsp3) is 0.389. The quantitative estimate of drug-likeness (QED) is 0.663. The lowest BCUT2D eigenvalue weighted by atomic mass is 9.94. The summed E-state index contributed by atoms with van der Waals surface area (Å²) in [7, 11) is 0. The van der Waals surface area contributed by atoms with Crippen molar-refractivity contribution in [3.05, 3.63) is 40.9 Å². The highest BCUT2D eigenvalue weighted by molar-refractivity contribution is 6.30. The first-order chi connectivity index (χ1) is 11.1. The van der Waals surface area contributed by atoms with Gasteiger partial charge in [-0.15, -0.1) is 0 Å². The number of benzene rings is 1. The number of carbonyl (C=O) groups excluding carboxylic acids is 2. The Bertz CT molecular complexity index is 643. The lowest BCUT2D eigenvalue weighted by molar-refractivity contribution is -0.130. The number of rotatable bonds is 5. The van der Waals surface area contributed by atoms with Gasteiger partial charge in [0, 0.05) is 11.1 Å². The molecule has 1 atom stereocenters. The summed E-state index contributed by atoms with van der Waals surface area (Å²) in [5, 5.41) is 12.5. The summed E-state index contributed by atoms with van der Waals surface area (Å²) >= 11 is 5.87. The van der Waals surface area contributed by atoms with Gasteiger partial charge in [-0.05, 0) is 36.6 Å². The first-order valence-electron chi connectivity index (χ1n) is 7.77. The number of ketones is 1. The van der Waals surface area contributed by atoms with E-state index in [1.807, 2.05) is 0 Å². The van der Waals surface area contributed by atoms with Crippen LogP contribution in [0.25, 0.3) is 6.08 Å². The zero-order valence-electron chi connectivity index (χ0n) is 12.8. The fourth-order valence-corrected chi connectivity index (χ4v) is 2.87. The molecule has 1 N–H and O–H groups in total. The van der Waals surface area contributed by atoms with Crippen LogP contribution in [0.1, 0.15) is 37.7 Å². The minimum absolute atomic E-state index is 0.0804. The van der Waals surface area contributed by atoms with E-state index in [0.717, 1.165) is 31.2 Å². The summed E-state index contributed by atoms with van der Waals surface area (Å²) in [5.41, 5.74) is 0.746. The van der Waals surface area contributed by atoms with E-state index in [9.17, 15) is 9.59 Å². The molecule has 1 aliphatic rings. The standard InChI is InChI=1S/C18H19ClN2O2/c19-14-6-4-5-13(11-14)9-10-17(22)16(12-20)18(23)21-15-7-2-1-3-8-15/h4-6,9-11,15-16H,1-3,7-8H2,(H,21,23)/b10-9+/t16-/m0/s1. The van der Waals surface area contributed by atoms with Crippen molar-refractivity contribution in [1.29, 1.82) is 5.26 Å². The van der Waals surface area contributed by atoms with Gasteiger partial charge in [-0.25, -0.2) is 0 Å². The monoisotopic (exact) mass is 330 g/mol. The molecule has 1 aromatic rings. The summed E-state index contributed by atoms with van der Waals surface area (Å²) in [6, 6.07) is 8.87. The van der Waals surface area contributed by atoms with E-state index >= 15 is 0 Å². The van der Waals surface area contributed by atoms with Crippen LogP contribution in [0.4, 0.5) is 0 Å². The van der Waals surface area contributed by atoms with Crippen molar-refractivity contribution in [2.45, 2.75) is 38.1 Å². The molecule has 2 rings (SSSR count). The topological polar surface area (TPSA) is 70.0 Å². The summed E-state index contributed by atoms with van der Waals surface area (Å²) in [6.07, 6.45) is 7.98. The molecule has 1 fully saturated rings. The Morgan fingerprint density at radius 2 is 2.04 bits per heavy atom. The first-order valence-corrected chi connectivity index (χ1v) is 8.15. The molecule has 4 nitrogen and oxygen atoms in total. The van der Waals surface area contributed by atoms with Gasteiger partial charge < -0.3 is 5.32 Å². The molecule has 0 spiro atoms. The molecule has 0 bridgehead atoms. The second-order valence-corrected chi connectivity index (χ2v) is 6.13. The summed E-state index contributed by atoms with van der Waals surface area (Å²) in [4.78, 5) is 24.3. The third-order valence-electron chi connectivity index (χ3n) is 3.92. The number of carbonyl (C=O) groups is 2. The van der Waals surface area contributed by atoms with Gasteiger partial charge in [-0.1, -0.05) is 49.1 Å². The molecule has 120 valence electrons. The third kappa shape index (κ3) is 5.22. The average molecular weight is 331 g/mol. The normalized spacial score (nSPS) is 16.7. The summed E-state index contributed by atoms with van der Waals surface area (Å²) in [5.74, 6) is -2.31. The molecule has 0 radical (unpaired) electrons. The van der Waals surface area contributed by atoms with Gasteiger partial charge >= 0.3 is 0 Å². The molecule has 0 aliphatic heterocycles. The van der Waals surface area contributed by atoms with Crippen molar-refractivity contribution in [3.8, 4) is 6.07 Å². The van der Waals surface area contributed by atoms with Gasteiger partial charge in [-0.3, -0.25) is 9.59 Å². The van der Waals surface area contributed by atoms with Crippen molar-refractivity contribution < 1.29 is 9.59 Å². The van der Waals surface area contributed by atoms with E-state index in [1.54, 1.807) is 36.4 Å². The number of hydrogen-bond donors (Lipinski definition) is 1. The van der Waals surface area contributed by atoms with Crippen LogP contribution < -0.4 is 5.32 Å². The van der Waals surface area contributed by atoms with Crippen LogP contribution in [0.5, 0.6) is 0 Å². The van der Waals surface area contributed by atoms with Crippen molar-refractivity contribution in [2.75, 3.05) is 0 Å². The highest BCUT2D eigenvalue weighted by atomic mass is 35.5. The molecule has 1 aliphatic carbocycles. The number of amides is 1. The maximum absolute atomic E-state index is 12.1. The number of hydrogen-bond acceptors (Lipinski definition) is 3. The maximum Gasteiger partial charge on any atom is 0.245 e. The van der Waals surface area contributed by atoms with Crippen molar-refractivity contribution in [2.24, 2.45) is 5.92 Å². The van der Waals surface area contributed by atoms with E-state index in [-0.39, 0.29) is 6.04 Å². The first kappa shape index (κ1) is 17.2. The van der Waals surface area contributed by atoms with Crippen LogP contribution >= 0.6 is 11.6 Å². The zero-order valence-corrected chi connectivity index (χ0v) is 13.6. The predicted octanol–water partition coefficient (Wildman–Crippen LogP) is 3.51. The Morgan fingerprint density at radius 3 is 2.70 bits per heavy atom. The SMILES string of the molecule is N#C[C@@H](C(=O)/C=C/c1cccc(Cl)c1)C(=O)NC1CCCCC1. The molecule has 0 aromatic heterocycles. The molecule has 1 amide bonds. The lowest BCUT2D eigenvalue weighted by Gasteiger charge is -2.23. The van der Waals surface area contributed by atoms with Crippen LogP contribution in [0.15, 0.2) is 30.3 Å². The van der Waals surface area contributed by atoms with Crippen LogP contribution in [-0.4, -0.2) is 17.7 Å². The van der Waals surface area contributed by atoms with E-state index in [1.165, 1.54) is 12.5 Å². The molecular weight excluding hydrogens is 312 g/mol. The molecule has 0 saturated heterocycles. The van der Waals surface area contributed by atoms with Gasteiger partial charge in [0.25, 0.3) is 0 Å². The Balaban J connectivity index is 1.97. The van der Waals surface area contributed by atoms with E-state index in [4.69, 9.17) is 16.9 Å². The Morgan fingerprint density at radius 1 is 1.30 bits per heavy atom. The van der Waals surface area contributed by atoms with E-state index < -0.39 is 17.6 Å². The van der Waals surface area contributed by atoms with Crippen LogP contribution in [0.2, 0.25) is 5.02 Å². The Kier molecular flexibility index (Phi) is 6.37. The van der Waals surface area contributed by atoms with Gasteiger partial charge in [-0.2, -0.15) is 5.26 Å². The fourth-order valence-electron chi connectivity index (χ4n) is 2.67. The highest BCUT2D eigenvalue weighted by Gasteiger charge is 2.27. The second kappa shape index (κ2) is 8.50. The van der Waals surface area contributed by atoms with Gasteiger partial charge in [0.1, 0.15) is 0 Å². The molecule has 0 heterocycles. The highest BCUT2D eigenvalue weighted by Crippen LogP contribution is 2.18. The largest absolute Gasteiger partial charge is 0.352 e. The minimum Gasteiger partial charge on any atom is -0.352 e. The molecule has 1 saturated carbocycles. The average Bonchev–Trinajstić information content (AvgIpc) is 2.54. The number of nitriles is 1. The number of nitrogens with zero attached hydrogens (tertiary/aromatic N) is 1. The minimum atomic E-state index is -1.30. The summed E-state index contributed by atoms with van der Waals surface area (Å²) in [6.45, 7) is 0. The zero-order chi connectivity index (χ0) is 16.7. The van der Waals surface area contributed by atoms with Gasteiger partial charge in [0.05, 0.1) is 6.07 Å².